The van der Waals surface area contributed by atoms with E-state index < -0.39 is 0 Å². The number of aromatic nitrogens is 2. The molecule has 1 saturated heterocycles. The third-order valence-electron chi connectivity index (χ3n) is 2.94. The number of aryl methyl sites for hydroxylation is 1. The standard InChI is InChI=1S/C11H18N4/c1-9-7-10(14-8-13-9)15-11(2)3-5-12-6-4-11/h7-8,12H,3-6H2,1-2H3,(H,13,14,15). The number of anilines is 1. The fraction of sp³-hybridized carbons (Fsp3) is 0.636. The van der Waals surface area contributed by atoms with Gasteiger partial charge in [-0.25, -0.2) is 9.97 Å². The van der Waals surface area contributed by atoms with Crippen LogP contribution in [0.1, 0.15) is 25.5 Å². The van der Waals surface area contributed by atoms with Gasteiger partial charge >= 0.3 is 0 Å². The first-order valence-electron chi connectivity index (χ1n) is 5.46. The minimum absolute atomic E-state index is 0.173. The molecule has 0 radical (unpaired) electrons. The van der Waals surface area contributed by atoms with Crippen molar-refractivity contribution in [3.05, 3.63) is 18.1 Å². The van der Waals surface area contributed by atoms with Crippen LogP contribution < -0.4 is 10.6 Å². The summed E-state index contributed by atoms with van der Waals surface area (Å²) in [6, 6.07) is 1.99. The van der Waals surface area contributed by atoms with Gasteiger partial charge < -0.3 is 10.6 Å². The SMILES string of the molecule is Cc1cc(NC2(C)CCNCC2)ncn1. The molecule has 2 N–H and O–H groups in total. The monoisotopic (exact) mass is 206 g/mol. The molecule has 1 aromatic heterocycles. The Morgan fingerprint density at radius 2 is 2.07 bits per heavy atom. The van der Waals surface area contributed by atoms with Gasteiger partial charge in [0.2, 0.25) is 0 Å². The van der Waals surface area contributed by atoms with Crippen molar-refractivity contribution in [1.82, 2.24) is 15.3 Å². The number of nitrogens with zero attached hydrogens (tertiary/aromatic N) is 2. The Hall–Kier alpha value is -1.16. The van der Waals surface area contributed by atoms with Crippen LogP contribution in [0.5, 0.6) is 0 Å². The second kappa shape index (κ2) is 4.14. The highest BCUT2D eigenvalue weighted by atomic mass is 15.1. The van der Waals surface area contributed by atoms with Gasteiger partial charge in [-0.2, -0.15) is 0 Å². The minimum Gasteiger partial charge on any atom is -0.365 e. The van der Waals surface area contributed by atoms with E-state index in [0.717, 1.165) is 37.4 Å². The molecule has 2 heterocycles. The third-order valence-corrected chi connectivity index (χ3v) is 2.94. The van der Waals surface area contributed by atoms with E-state index in [9.17, 15) is 0 Å². The van der Waals surface area contributed by atoms with Crippen LogP contribution in [0.15, 0.2) is 12.4 Å². The lowest BCUT2D eigenvalue weighted by molar-refractivity contribution is 0.364. The zero-order valence-electron chi connectivity index (χ0n) is 9.38. The van der Waals surface area contributed by atoms with Crippen molar-refractivity contribution >= 4 is 5.82 Å². The molecule has 0 amide bonds. The molecule has 0 spiro atoms. The zero-order chi connectivity index (χ0) is 10.7. The summed E-state index contributed by atoms with van der Waals surface area (Å²) in [5.41, 5.74) is 1.18. The molecule has 1 aliphatic heterocycles. The number of hydrogen-bond donors (Lipinski definition) is 2. The predicted molar refractivity (Wildman–Crippen MR) is 60.9 cm³/mol. The van der Waals surface area contributed by atoms with Crippen LogP contribution in [0.2, 0.25) is 0 Å². The largest absolute Gasteiger partial charge is 0.365 e. The van der Waals surface area contributed by atoms with Gasteiger partial charge in [0.1, 0.15) is 12.1 Å². The fourth-order valence-corrected chi connectivity index (χ4v) is 1.94. The quantitative estimate of drug-likeness (QED) is 0.766. The van der Waals surface area contributed by atoms with Gasteiger partial charge in [0.25, 0.3) is 0 Å². The first-order chi connectivity index (χ1) is 7.18. The highest BCUT2D eigenvalue weighted by Gasteiger charge is 2.26. The molecule has 0 unspecified atom stereocenters. The molecular formula is C11H18N4. The van der Waals surface area contributed by atoms with E-state index in [4.69, 9.17) is 0 Å². The average molecular weight is 206 g/mol. The summed E-state index contributed by atoms with van der Waals surface area (Å²) in [6.07, 6.45) is 3.88. The lowest BCUT2D eigenvalue weighted by Gasteiger charge is -2.35. The Morgan fingerprint density at radius 1 is 1.33 bits per heavy atom. The average Bonchev–Trinajstić information content (AvgIpc) is 2.18. The minimum atomic E-state index is 0.173. The molecule has 4 nitrogen and oxygen atoms in total. The molecule has 0 saturated carbocycles. The molecule has 1 aromatic rings. The van der Waals surface area contributed by atoms with Crippen molar-refractivity contribution in [1.29, 1.82) is 0 Å². The number of hydrogen-bond acceptors (Lipinski definition) is 4. The van der Waals surface area contributed by atoms with Crippen LogP contribution >= 0.6 is 0 Å². The molecule has 4 heteroatoms. The topological polar surface area (TPSA) is 49.8 Å². The summed E-state index contributed by atoms with van der Waals surface area (Å²) in [4.78, 5) is 8.33. The van der Waals surface area contributed by atoms with Crippen molar-refractivity contribution in [2.45, 2.75) is 32.2 Å². The summed E-state index contributed by atoms with van der Waals surface area (Å²) >= 11 is 0. The van der Waals surface area contributed by atoms with Crippen LogP contribution in [-0.4, -0.2) is 28.6 Å². The first kappa shape index (κ1) is 10.4. The maximum absolute atomic E-state index is 4.24. The third kappa shape index (κ3) is 2.65. The molecule has 2 rings (SSSR count). The second-order valence-corrected chi connectivity index (χ2v) is 4.48. The maximum atomic E-state index is 4.24. The van der Waals surface area contributed by atoms with Crippen molar-refractivity contribution < 1.29 is 0 Å². The fourth-order valence-electron chi connectivity index (χ4n) is 1.94. The highest BCUT2D eigenvalue weighted by molar-refractivity contribution is 5.37. The molecule has 1 aliphatic rings. The normalized spacial score (nSPS) is 19.9. The van der Waals surface area contributed by atoms with E-state index in [-0.39, 0.29) is 5.54 Å². The first-order valence-corrected chi connectivity index (χ1v) is 5.46. The van der Waals surface area contributed by atoms with E-state index in [1.54, 1.807) is 6.33 Å². The molecule has 1 fully saturated rings. The summed E-state index contributed by atoms with van der Waals surface area (Å²) in [6.45, 7) is 6.39. The molecule has 0 aromatic carbocycles. The Bertz CT molecular complexity index is 331. The smallest absolute Gasteiger partial charge is 0.130 e. The molecule has 0 bridgehead atoms. The van der Waals surface area contributed by atoms with Gasteiger partial charge in [0.05, 0.1) is 0 Å². The van der Waals surface area contributed by atoms with Gasteiger partial charge in [-0.15, -0.1) is 0 Å². The van der Waals surface area contributed by atoms with Gasteiger partial charge in [-0.1, -0.05) is 0 Å². The van der Waals surface area contributed by atoms with Crippen molar-refractivity contribution in [3.8, 4) is 0 Å². The summed E-state index contributed by atoms with van der Waals surface area (Å²) in [7, 11) is 0. The molecular weight excluding hydrogens is 188 g/mol. The van der Waals surface area contributed by atoms with E-state index in [1.165, 1.54) is 0 Å². The van der Waals surface area contributed by atoms with E-state index >= 15 is 0 Å². The van der Waals surface area contributed by atoms with Crippen molar-refractivity contribution in [2.24, 2.45) is 0 Å². The highest BCUT2D eigenvalue weighted by Crippen LogP contribution is 2.22. The summed E-state index contributed by atoms with van der Waals surface area (Å²) < 4.78 is 0. The molecule has 0 aliphatic carbocycles. The number of piperidine rings is 1. The Morgan fingerprint density at radius 3 is 2.73 bits per heavy atom. The summed E-state index contributed by atoms with van der Waals surface area (Å²) in [5, 5.41) is 6.87. The molecule has 15 heavy (non-hydrogen) atoms. The lowest BCUT2D eigenvalue weighted by atomic mass is 9.91. The zero-order valence-corrected chi connectivity index (χ0v) is 9.38. The van der Waals surface area contributed by atoms with Crippen LogP contribution in [-0.2, 0) is 0 Å². The van der Waals surface area contributed by atoms with Crippen LogP contribution in [0.4, 0.5) is 5.82 Å². The Kier molecular flexibility index (Phi) is 2.86. The summed E-state index contributed by atoms with van der Waals surface area (Å²) in [5.74, 6) is 0.937. The molecule has 82 valence electrons. The van der Waals surface area contributed by atoms with Crippen LogP contribution in [0.3, 0.4) is 0 Å². The van der Waals surface area contributed by atoms with Crippen LogP contribution in [0, 0.1) is 6.92 Å². The lowest BCUT2D eigenvalue weighted by Crippen LogP contribution is -2.45. The second-order valence-electron chi connectivity index (χ2n) is 4.48. The van der Waals surface area contributed by atoms with Crippen LogP contribution in [0.25, 0.3) is 0 Å². The maximum Gasteiger partial charge on any atom is 0.130 e. The van der Waals surface area contributed by atoms with Gasteiger partial charge in [-0.3, -0.25) is 0 Å². The number of rotatable bonds is 2. The van der Waals surface area contributed by atoms with E-state index in [2.05, 4.69) is 27.5 Å². The Balaban J connectivity index is 2.06. The molecule has 0 atom stereocenters. The van der Waals surface area contributed by atoms with E-state index in [0.29, 0.717) is 0 Å². The van der Waals surface area contributed by atoms with Gasteiger partial charge in [0, 0.05) is 17.3 Å². The van der Waals surface area contributed by atoms with Crippen molar-refractivity contribution in [2.75, 3.05) is 18.4 Å². The van der Waals surface area contributed by atoms with Gasteiger partial charge in [-0.05, 0) is 39.8 Å². The van der Waals surface area contributed by atoms with E-state index in [1.807, 2.05) is 13.0 Å². The number of nitrogens with one attached hydrogen (secondary N) is 2. The van der Waals surface area contributed by atoms with Crippen molar-refractivity contribution in [3.63, 3.8) is 0 Å². The predicted octanol–water partition coefficient (Wildman–Crippen LogP) is 1.34. The van der Waals surface area contributed by atoms with Gasteiger partial charge in [0.15, 0.2) is 0 Å². The Labute approximate surface area is 90.5 Å².